The highest BCUT2D eigenvalue weighted by Gasteiger charge is 2.23. The summed E-state index contributed by atoms with van der Waals surface area (Å²) in [6.07, 6.45) is 1.08. The van der Waals surface area contributed by atoms with Crippen LogP contribution in [0.1, 0.15) is 19.0 Å². The summed E-state index contributed by atoms with van der Waals surface area (Å²) in [5, 5.41) is 0.552. The van der Waals surface area contributed by atoms with Gasteiger partial charge in [0.2, 0.25) is 5.91 Å². The van der Waals surface area contributed by atoms with Crippen LogP contribution in [0.5, 0.6) is 0 Å². The fourth-order valence-corrected chi connectivity index (χ4v) is 2.85. The second-order valence-electron chi connectivity index (χ2n) is 4.75. The van der Waals surface area contributed by atoms with Gasteiger partial charge in [0.05, 0.1) is 18.5 Å². The first kappa shape index (κ1) is 15.1. The van der Waals surface area contributed by atoms with Gasteiger partial charge in [-0.15, -0.1) is 0 Å². The highest BCUT2D eigenvalue weighted by Crippen LogP contribution is 2.17. The summed E-state index contributed by atoms with van der Waals surface area (Å²) in [6.45, 7) is 5.87. The third-order valence-electron chi connectivity index (χ3n) is 3.13. The topological polar surface area (TPSA) is 81.3 Å². The normalized spacial score (nSPS) is 19.1. The molecule has 2 N–H and O–H groups in total. The van der Waals surface area contributed by atoms with Crippen LogP contribution in [-0.2, 0) is 9.53 Å². The van der Waals surface area contributed by atoms with Gasteiger partial charge in [0.25, 0.3) is 0 Å². The number of aryl methyl sites for hydroxylation is 1. The number of ether oxygens (including phenoxy) is 1. The second kappa shape index (κ2) is 6.90. The molecule has 1 amide bonds. The van der Waals surface area contributed by atoms with E-state index in [2.05, 4.69) is 16.9 Å². The average Bonchev–Trinajstić information content (AvgIpc) is 2.44. The summed E-state index contributed by atoms with van der Waals surface area (Å²) in [7, 11) is 0. The van der Waals surface area contributed by atoms with Crippen molar-refractivity contribution in [3.05, 3.63) is 11.8 Å². The molecule has 1 atom stereocenters. The SMILES string of the molecule is CC[C@@H]1CN(C(=O)CSc2nc(C)cc(N)n2)CCO1. The van der Waals surface area contributed by atoms with Crippen LogP contribution in [0.2, 0.25) is 0 Å². The summed E-state index contributed by atoms with van der Waals surface area (Å²) >= 11 is 1.33. The largest absolute Gasteiger partial charge is 0.384 e. The van der Waals surface area contributed by atoms with E-state index in [4.69, 9.17) is 10.5 Å². The monoisotopic (exact) mass is 296 g/mol. The van der Waals surface area contributed by atoms with Gasteiger partial charge in [-0.25, -0.2) is 9.97 Å². The molecule has 1 saturated heterocycles. The van der Waals surface area contributed by atoms with E-state index in [9.17, 15) is 4.79 Å². The molecule has 1 aliphatic heterocycles. The number of nitrogen functional groups attached to an aromatic ring is 1. The van der Waals surface area contributed by atoms with Gasteiger partial charge >= 0.3 is 0 Å². The van der Waals surface area contributed by atoms with Crippen LogP contribution in [0.3, 0.4) is 0 Å². The Kier molecular flexibility index (Phi) is 5.19. The van der Waals surface area contributed by atoms with Gasteiger partial charge in [-0.2, -0.15) is 0 Å². The van der Waals surface area contributed by atoms with E-state index in [0.717, 1.165) is 12.1 Å². The molecule has 7 heteroatoms. The van der Waals surface area contributed by atoms with Crippen LogP contribution in [0, 0.1) is 6.92 Å². The summed E-state index contributed by atoms with van der Waals surface area (Å²) < 4.78 is 5.56. The smallest absolute Gasteiger partial charge is 0.233 e. The van der Waals surface area contributed by atoms with Crippen molar-refractivity contribution < 1.29 is 9.53 Å². The highest BCUT2D eigenvalue weighted by molar-refractivity contribution is 7.99. The highest BCUT2D eigenvalue weighted by atomic mass is 32.2. The Morgan fingerprint density at radius 2 is 2.40 bits per heavy atom. The Hall–Kier alpha value is -1.34. The zero-order chi connectivity index (χ0) is 14.5. The molecule has 6 nitrogen and oxygen atoms in total. The lowest BCUT2D eigenvalue weighted by atomic mass is 10.2. The van der Waals surface area contributed by atoms with Crippen molar-refractivity contribution in [3.63, 3.8) is 0 Å². The van der Waals surface area contributed by atoms with Crippen molar-refractivity contribution in [3.8, 4) is 0 Å². The molecule has 1 aliphatic rings. The number of hydrogen-bond donors (Lipinski definition) is 1. The predicted molar refractivity (Wildman–Crippen MR) is 78.5 cm³/mol. The van der Waals surface area contributed by atoms with Gasteiger partial charge in [-0.1, -0.05) is 18.7 Å². The third kappa shape index (κ3) is 4.08. The molecule has 1 aromatic heterocycles. The van der Waals surface area contributed by atoms with Crippen LogP contribution in [0.15, 0.2) is 11.2 Å². The number of nitrogens with two attached hydrogens (primary N) is 1. The van der Waals surface area contributed by atoms with E-state index < -0.39 is 0 Å². The molecule has 0 aliphatic carbocycles. The van der Waals surface area contributed by atoms with Crippen LogP contribution in [0.25, 0.3) is 0 Å². The van der Waals surface area contributed by atoms with Crippen molar-refractivity contribution in [2.24, 2.45) is 0 Å². The number of aromatic nitrogens is 2. The van der Waals surface area contributed by atoms with E-state index in [-0.39, 0.29) is 12.0 Å². The molecule has 1 fully saturated rings. The molecule has 2 rings (SSSR count). The van der Waals surface area contributed by atoms with Gasteiger partial charge < -0.3 is 15.4 Å². The van der Waals surface area contributed by atoms with Crippen LogP contribution < -0.4 is 5.73 Å². The number of thioether (sulfide) groups is 1. The first-order chi connectivity index (χ1) is 9.58. The standard InChI is InChI=1S/C13H20N4O2S/c1-3-10-7-17(4-5-19-10)12(18)8-20-13-15-9(2)6-11(14)16-13/h6,10H,3-5,7-8H2,1-2H3,(H2,14,15,16)/t10-/m1/s1. The number of carbonyl (C=O) groups excluding carboxylic acids is 1. The number of nitrogens with zero attached hydrogens (tertiary/aromatic N) is 3. The summed E-state index contributed by atoms with van der Waals surface area (Å²) in [5.41, 5.74) is 6.48. The Morgan fingerprint density at radius 3 is 3.10 bits per heavy atom. The first-order valence-electron chi connectivity index (χ1n) is 6.71. The minimum atomic E-state index is 0.0976. The molecular formula is C13H20N4O2S. The Morgan fingerprint density at radius 1 is 1.60 bits per heavy atom. The van der Waals surface area contributed by atoms with Crippen LogP contribution in [-0.4, -0.2) is 52.3 Å². The van der Waals surface area contributed by atoms with Gasteiger partial charge in [0.15, 0.2) is 5.16 Å². The maximum atomic E-state index is 12.2. The Balaban J connectivity index is 1.88. The second-order valence-corrected chi connectivity index (χ2v) is 5.69. The molecule has 0 radical (unpaired) electrons. The lowest BCUT2D eigenvalue weighted by Gasteiger charge is -2.32. The molecule has 0 saturated carbocycles. The predicted octanol–water partition coefficient (Wildman–Crippen LogP) is 1.10. The molecule has 0 spiro atoms. The Labute approximate surface area is 123 Å². The number of carbonyl (C=O) groups is 1. The van der Waals surface area contributed by atoms with E-state index >= 15 is 0 Å². The van der Waals surface area contributed by atoms with Gasteiger partial charge in [0, 0.05) is 24.8 Å². The maximum Gasteiger partial charge on any atom is 0.233 e. The van der Waals surface area contributed by atoms with Crippen molar-refractivity contribution in [2.45, 2.75) is 31.5 Å². The van der Waals surface area contributed by atoms with E-state index in [1.54, 1.807) is 6.07 Å². The molecular weight excluding hydrogens is 276 g/mol. The molecule has 1 aromatic rings. The summed E-state index contributed by atoms with van der Waals surface area (Å²) in [4.78, 5) is 22.4. The van der Waals surface area contributed by atoms with Gasteiger partial charge in [0.1, 0.15) is 5.82 Å². The first-order valence-corrected chi connectivity index (χ1v) is 7.70. The van der Waals surface area contributed by atoms with Gasteiger partial charge in [-0.3, -0.25) is 4.79 Å². The molecule has 110 valence electrons. The Bertz CT molecular complexity index is 463. The van der Waals surface area contributed by atoms with Crippen LogP contribution >= 0.6 is 11.8 Å². The number of morpholine rings is 1. The zero-order valence-electron chi connectivity index (χ0n) is 11.8. The van der Waals surface area contributed by atoms with Gasteiger partial charge in [-0.05, 0) is 13.3 Å². The molecule has 2 heterocycles. The molecule has 0 unspecified atom stereocenters. The average molecular weight is 296 g/mol. The molecule has 0 aromatic carbocycles. The fraction of sp³-hybridized carbons (Fsp3) is 0.615. The van der Waals surface area contributed by atoms with Crippen molar-refractivity contribution >= 4 is 23.5 Å². The lowest BCUT2D eigenvalue weighted by Crippen LogP contribution is -2.46. The summed E-state index contributed by atoms with van der Waals surface area (Å²) in [5.74, 6) is 0.865. The zero-order valence-corrected chi connectivity index (χ0v) is 12.7. The minimum absolute atomic E-state index is 0.0976. The van der Waals surface area contributed by atoms with Crippen LogP contribution in [0.4, 0.5) is 5.82 Å². The molecule has 0 bridgehead atoms. The number of rotatable bonds is 4. The van der Waals surface area contributed by atoms with Crippen molar-refractivity contribution in [1.29, 1.82) is 0 Å². The third-order valence-corrected chi connectivity index (χ3v) is 3.96. The van der Waals surface area contributed by atoms with Crippen molar-refractivity contribution in [1.82, 2.24) is 14.9 Å². The molecule has 20 heavy (non-hydrogen) atoms. The van der Waals surface area contributed by atoms with Crippen molar-refractivity contribution in [2.75, 3.05) is 31.2 Å². The quantitative estimate of drug-likeness (QED) is 0.662. The minimum Gasteiger partial charge on any atom is -0.384 e. The number of hydrogen-bond acceptors (Lipinski definition) is 6. The number of anilines is 1. The fourth-order valence-electron chi connectivity index (χ4n) is 2.04. The van der Waals surface area contributed by atoms with E-state index in [1.165, 1.54) is 11.8 Å². The lowest BCUT2D eigenvalue weighted by molar-refractivity contribution is -0.135. The summed E-state index contributed by atoms with van der Waals surface area (Å²) in [6, 6.07) is 1.71. The maximum absolute atomic E-state index is 12.2. The van der Waals surface area contributed by atoms with E-state index in [1.807, 2.05) is 11.8 Å². The van der Waals surface area contributed by atoms with E-state index in [0.29, 0.717) is 36.4 Å². The number of amides is 1.